The van der Waals surface area contributed by atoms with Crippen molar-refractivity contribution in [2.24, 2.45) is 0 Å². The number of rotatable bonds is 7. The van der Waals surface area contributed by atoms with E-state index in [1.807, 2.05) is 31.2 Å². The molecule has 0 bridgehead atoms. The molecule has 0 saturated carbocycles. The normalized spacial score (nSPS) is 20.8. The number of benzene rings is 2. The third-order valence-corrected chi connectivity index (χ3v) is 5.58. The Labute approximate surface area is 174 Å². The van der Waals surface area contributed by atoms with Crippen molar-refractivity contribution in [1.29, 1.82) is 0 Å². The van der Waals surface area contributed by atoms with Gasteiger partial charge < -0.3 is 24.6 Å². The van der Waals surface area contributed by atoms with Gasteiger partial charge in [-0.2, -0.15) is 0 Å². The monoisotopic (exact) mass is 411 g/mol. The van der Waals surface area contributed by atoms with Crippen molar-refractivity contribution in [2.45, 2.75) is 50.7 Å². The summed E-state index contributed by atoms with van der Waals surface area (Å²) in [5, 5.41) is 14.2. The number of aliphatic hydroxyl groups excluding tert-OH is 1. The molecule has 4 rings (SSSR count). The standard InChI is InChI=1S/C23H25NO6/c1-2-15-8-4-6-13-19(15)28-23(29-21(26)22(27)30-23)20(25)14-24-18-12-7-10-16-9-3-5-11-17(16)18/h3-6,8-9,11,13,18,20,24-25H,2,7,10,12,14H2,1H3/t18-,20-/m0/s1. The zero-order valence-electron chi connectivity index (χ0n) is 16.8. The predicted molar refractivity (Wildman–Crippen MR) is 107 cm³/mol. The minimum Gasteiger partial charge on any atom is -0.418 e. The lowest BCUT2D eigenvalue weighted by atomic mass is 9.87. The van der Waals surface area contributed by atoms with Crippen LogP contribution in [0.25, 0.3) is 0 Å². The highest BCUT2D eigenvalue weighted by Gasteiger charge is 2.57. The number of aliphatic hydroxyl groups is 1. The van der Waals surface area contributed by atoms with Gasteiger partial charge in [0.25, 0.3) is 0 Å². The molecule has 158 valence electrons. The summed E-state index contributed by atoms with van der Waals surface area (Å²) in [7, 11) is 0. The van der Waals surface area contributed by atoms with Crippen LogP contribution in [0.2, 0.25) is 0 Å². The summed E-state index contributed by atoms with van der Waals surface area (Å²) < 4.78 is 16.0. The van der Waals surface area contributed by atoms with Crippen LogP contribution < -0.4 is 10.1 Å². The SMILES string of the molecule is CCc1ccccc1OC1([C@@H](O)CN[C@H]2CCCc3ccccc32)OC(=O)C(=O)O1. The summed E-state index contributed by atoms with van der Waals surface area (Å²) >= 11 is 0. The van der Waals surface area contributed by atoms with Gasteiger partial charge in [0.05, 0.1) is 0 Å². The van der Waals surface area contributed by atoms with Gasteiger partial charge in [0, 0.05) is 12.6 Å². The van der Waals surface area contributed by atoms with Crippen LogP contribution in [0.5, 0.6) is 5.75 Å². The first-order valence-electron chi connectivity index (χ1n) is 10.2. The van der Waals surface area contributed by atoms with E-state index < -0.39 is 24.0 Å². The maximum atomic E-state index is 11.8. The van der Waals surface area contributed by atoms with Crippen molar-refractivity contribution < 1.29 is 28.9 Å². The van der Waals surface area contributed by atoms with Gasteiger partial charge in [0.1, 0.15) is 5.75 Å². The highest BCUT2D eigenvalue weighted by atomic mass is 16.9. The number of aryl methyl sites for hydroxylation is 2. The Balaban J connectivity index is 1.53. The van der Waals surface area contributed by atoms with E-state index in [1.165, 1.54) is 11.1 Å². The summed E-state index contributed by atoms with van der Waals surface area (Å²) in [6, 6.07) is 15.3. The van der Waals surface area contributed by atoms with Crippen LogP contribution in [0.15, 0.2) is 48.5 Å². The van der Waals surface area contributed by atoms with E-state index >= 15 is 0 Å². The van der Waals surface area contributed by atoms with Crippen LogP contribution in [-0.2, 0) is 31.9 Å². The number of carbonyl (C=O) groups is 2. The number of esters is 2. The molecule has 2 atom stereocenters. The third-order valence-electron chi connectivity index (χ3n) is 5.58. The van der Waals surface area contributed by atoms with Gasteiger partial charge >= 0.3 is 17.9 Å². The van der Waals surface area contributed by atoms with Gasteiger partial charge in [0.15, 0.2) is 6.10 Å². The Morgan fingerprint density at radius 1 is 1.13 bits per heavy atom. The number of carbonyl (C=O) groups excluding carboxylic acids is 2. The van der Waals surface area contributed by atoms with Crippen LogP contribution in [0.1, 0.15) is 42.5 Å². The maximum absolute atomic E-state index is 11.8. The summed E-state index contributed by atoms with van der Waals surface area (Å²) in [6.45, 7) is 1.95. The molecule has 0 radical (unpaired) electrons. The fourth-order valence-corrected chi connectivity index (χ4v) is 4.00. The molecule has 0 spiro atoms. The number of nitrogens with one attached hydrogen (secondary N) is 1. The molecular weight excluding hydrogens is 386 g/mol. The van der Waals surface area contributed by atoms with E-state index in [0.29, 0.717) is 12.2 Å². The van der Waals surface area contributed by atoms with Gasteiger partial charge in [-0.05, 0) is 48.4 Å². The highest BCUT2D eigenvalue weighted by Crippen LogP contribution is 2.33. The highest BCUT2D eigenvalue weighted by molar-refractivity contribution is 6.31. The van der Waals surface area contributed by atoms with Crippen molar-refractivity contribution in [3.63, 3.8) is 0 Å². The molecule has 0 amide bonds. The van der Waals surface area contributed by atoms with Gasteiger partial charge in [-0.25, -0.2) is 9.59 Å². The largest absolute Gasteiger partial charge is 0.451 e. The van der Waals surface area contributed by atoms with E-state index in [2.05, 4.69) is 17.4 Å². The van der Waals surface area contributed by atoms with Crippen LogP contribution in [0.4, 0.5) is 0 Å². The van der Waals surface area contributed by atoms with Crippen LogP contribution in [-0.4, -0.2) is 35.7 Å². The number of hydrogen-bond donors (Lipinski definition) is 2. The van der Waals surface area contributed by atoms with Gasteiger partial charge in [-0.15, -0.1) is 0 Å². The van der Waals surface area contributed by atoms with E-state index in [-0.39, 0.29) is 12.6 Å². The smallest absolute Gasteiger partial charge is 0.418 e. The maximum Gasteiger partial charge on any atom is 0.451 e. The third kappa shape index (κ3) is 3.91. The number of para-hydroxylation sites is 1. The molecule has 0 unspecified atom stereocenters. The Morgan fingerprint density at radius 3 is 2.60 bits per heavy atom. The molecule has 2 aliphatic rings. The summed E-state index contributed by atoms with van der Waals surface area (Å²) in [5.41, 5.74) is 3.29. The number of cyclic esters (lactones) is 2. The molecule has 2 aromatic carbocycles. The average molecular weight is 411 g/mol. The van der Waals surface area contributed by atoms with Crippen molar-refractivity contribution >= 4 is 11.9 Å². The van der Waals surface area contributed by atoms with E-state index in [1.54, 1.807) is 12.1 Å². The first kappa shape index (κ1) is 20.4. The Bertz CT molecular complexity index is 927. The van der Waals surface area contributed by atoms with Crippen molar-refractivity contribution in [2.75, 3.05) is 6.54 Å². The lowest BCUT2D eigenvalue weighted by Gasteiger charge is -2.32. The number of ether oxygens (including phenoxy) is 3. The fourth-order valence-electron chi connectivity index (χ4n) is 4.00. The van der Waals surface area contributed by atoms with E-state index in [9.17, 15) is 14.7 Å². The Hall–Kier alpha value is -2.90. The van der Waals surface area contributed by atoms with Gasteiger partial charge in [0.2, 0.25) is 0 Å². The number of hydrogen-bond acceptors (Lipinski definition) is 7. The minimum atomic E-state index is -2.22. The summed E-state index contributed by atoms with van der Waals surface area (Å²) in [6.07, 6.45) is 2.19. The zero-order valence-corrected chi connectivity index (χ0v) is 16.8. The summed E-state index contributed by atoms with van der Waals surface area (Å²) in [5.74, 6) is -4.22. The average Bonchev–Trinajstić information content (AvgIpc) is 3.06. The first-order chi connectivity index (χ1) is 14.5. The second-order valence-electron chi connectivity index (χ2n) is 7.51. The topological polar surface area (TPSA) is 94.1 Å². The second kappa shape index (κ2) is 8.45. The second-order valence-corrected chi connectivity index (χ2v) is 7.51. The van der Waals surface area contributed by atoms with Crippen LogP contribution in [0.3, 0.4) is 0 Å². The minimum absolute atomic E-state index is 0.00779. The molecule has 7 heteroatoms. The predicted octanol–water partition coefficient (Wildman–Crippen LogP) is 2.41. The molecular formula is C23H25NO6. The molecule has 7 nitrogen and oxygen atoms in total. The fraction of sp³-hybridized carbons (Fsp3) is 0.391. The van der Waals surface area contributed by atoms with Crippen LogP contribution in [0, 0.1) is 0 Å². The van der Waals surface area contributed by atoms with Crippen molar-refractivity contribution in [1.82, 2.24) is 5.32 Å². The molecule has 2 aromatic rings. The number of fused-ring (bicyclic) bond motifs is 1. The first-order valence-corrected chi connectivity index (χ1v) is 10.2. The molecule has 1 aliphatic carbocycles. The molecule has 1 saturated heterocycles. The quantitative estimate of drug-likeness (QED) is 0.534. The molecule has 1 aliphatic heterocycles. The molecule has 0 aromatic heterocycles. The van der Waals surface area contributed by atoms with Crippen LogP contribution >= 0.6 is 0 Å². The zero-order chi connectivity index (χ0) is 21.1. The molecule has 1 heterocycles. The lowest BCUT2D eigenvalue weighted by molar-refractivity contribution is -0.316. The Morgan fingerprint density at radius 2 is 1.83 bits per heavy atom. The molecule has 1 fully saturated rings. The lowest BCUT2D eigenvalue weighted by Crippen LogP contribution is -2.54. The van der Waals surface area contributed by atoms with E-state index in [0.717, 1.165) is 24.8 Å². The van der Waals surface area contributed by atoms with E-state index in [4.69, 9.17) is 14.2 Å². The van der Waals surface area contributed by atoms with Crippen molar-refractivity contribution in [3.05, 3.63) is 65.2 Å². The molecule has 2 N–H and O–H groups in total. The summed E-state index contributed by atoms with van der Waals surface area (Å²) in [4.78, 5) is 23.6. The van der Waals surface area contributed by atoms with Gasteiger partial charge in [-0.3, -0.25) is 0 Å². The molecule has 30 heavy (non-hydrogen) atoms. The Kier molecular flexibility index (Phi) is 5.74. The van der Waals surface area contributed by atoms with Gasteiger partial charge in [-0.1, -0.05) is 49.4 Å². The van der Waals surface area contributed by atoms with Crippen molar-refractivity contribution in [3.8, 4) is 5.75 Å².